The van der Waals surface area contributed by atoms with E-state index in [4.69, 9.17) is 4.74 Å². The topological polar surface area (TPSA) is 38.3 Å². The van der Waals surface area contributed by atoms with Crippen molar-refractivity contribution in [3.8, 4) is 0 Å². The van der Waals surface area contributed by atoms with Gasteiger partial charge in [0.15, 0.2) is 17.8 Å². The predicted molar refractivity (Wildman–Crippen MR) is 160 cm³/mol. The Morgan fingerprint density at radius 3 is 1.77 bits per heavy atom. The molecule has 3 aromatic carbocycles. The van der Waals surface area contributed by atoms with Gasteiger partial charge in [-0.05, 0) is 29.7 Å². The van der Waals surface area contributed by atoms with Crippen LogP contribution in [-0.2, 0) is 30.5 Å². The van der Waals surface area contributed by atoms with Crippen LogP contribution in [0, 0.1) is 0 Å². The monoisotopic (exact) mass is 562 g/mol. The zero-order valence-electron chi connectivity index (χ0n) is 24.4. The molecule has 0 fully saturated rings. The van der Waals surface area contributed by atoms with E-state index < -0.39 is 5.60 Å². The molecule has 1 N–H and O–H groups in total. The normalized spacial score (nSPS) is 11.6. The van der Waals surface area contributed by atoms with E-state index in [-0.39, 0.29) is 12.4 Å². The molecule has 0 aliphatic heterocycles. The van der Waals surface area contributed by atoms with Gasteiger partial charge in [-0.1, -0.05) is 138 Å². The minimum Gasteiger partial charge on any atom is -1.00 e. The Hall–Kier alpha value is -2.66. The van der Waals surface area contributed by atoms with Crippen LogP contribution in [0.15, 0.2) is 84.9 Å². The van der Waals surface area contributed by atoms with E-state index in [0.717, 1.165) is 41.0 Å². The Bertz CT molecular complexity index is 1220. The highest BCUT2D eigenvalue weighted by molar-refractivity contribution is 5.72. The number of hydrogen-bond acceptors (Lipinski definition) is 2. The number of ether oxygens (including phenoxy) is 1. The van der Waals surface area contributed by atoms with Crippen LogP contribution in [0.2, 0.25) is 0 Å². The highest BCUT2D eigenvalue weighted by atomic mass is 35.5. The molecule has 4 nitrogen and oxygen atoms in total. The molecule has 5 heteroatoms. The van der Waals surface area contributed by atoms with E-state index in [1.54, 1.807) is 0 Å². The first-order valence-corrected chi connectivity index (χ1v) is 15.0. The van der Waals surface area contributed by atoms with Gasteiger partial charge in [0.1, 0.15) is 5.60 Å². The molecular weight excluding hydrogens is 516 g/mol. The van der Waals surface area contributed by atoms with Crippen LogP contribution in [0.5, 0.6) is 0 Å². The van der Waals surface area contributed by atoms with Crippen LogP contribution in [0.1, 0.15) is 88.1 Å². The van der Waals surface area contributed by atoms with E-state index in [9.17, 15) is 5.11 Å². The number of fused-ring (bicyclic) bond motifs is 1. The van der Waals surface area contributed by atoms with Crippen LogP contribution in [-0.4, -0.2) is 16.3 Å². The van der Waals surface area contributed by atoms with Crippen molar-refractivity contribution in [2.45, 2.75) is 89.9 Å². The minimum absolute atomic E-state index is 0. The van der Waals surface area contributed by atoms with Crippen LogP contribution in [0.4, 0.5) is 0 Å². The summed E-state index contributed by atoms with van der Waals surface area (Å²) in [6.07, 6.45) is 13.6. The number of imidazole rings is 1. The van der Waals surface area contributed by atoms with Gasteiger partial charge < -0.3 is 22.3 Å². The lowest BCUT2D eigenvalue weighted by Crippen LogP contribution is -3.00. The van der Waals surface area contributed by atoms with Crippen molar-refractivity contribution in [3.63, 3.8) is 0 Å². The summed E-state index contributed by atoms with van der Waals surface area (Å²) >= 11 is 0. The molecular formula is C35H47ClN2O2. The molecule has 4 aromatic rings. The molecule has 40 heavy (non-hydrogen) atoms. The van der Waals surface area contributed by atoms with Gasteiger partial charge in [0.05, 0.1) is 20.1 Å². The summed E-state index contributed by atoms with van der Waals surface area (Å²) in [5, 5.41) is 12.3. The maximum absolute atomic E-state index is 12.3. The molecule has 0 amide bonds. The smallest absolute Gasteiger partial charge is 0.262 e. The van der Waals surface area contributed by atoms with Crippen molar-refractivity contribution in [2.24, 2.45) is 7.05 Å². The molecule has 0 spiro atoms. The van der Waals surface area contributed by atoms with Gasteiger partial charge in [-0.15, -0.1) is 0 Å². The quantitative estimate of drug-likeness (QED) is 0.148. The van der Waals surface area contributed by atoms with E-state index in [1.807, 2.05) is 60.7 Å². The first-order chi connectivity index (χ1) is 19.1. The minimum atomic E-state index is -1.16. The van der Waals surface area contributed by atoms with Gasteiger partial charge in [-0.2, -0.15) is 0 Å². The van der Waals surface area contributed by atoms with E-state index in [1.165, 1.54) is 57.8 Å². The first kappa shape index (κ1) is 31.9. The van der Waals surface area contributed by atoms with Crippen LogP contribution in [0.25, 0.3) is 11.0 Å². The Morgan fingerprint density at radius 1 is 0.700 bits per heavy atom. The SMILES string of the molecule is CCCCCCCCCCCCOCn1c(CC(O)(c2ccccc2)c2ccccc2)[n+](C)c2ccccc21.[Cl-]. The number of halogens is 1. The second kappa shape index (κ2) is 16.6. The van der Waals surface area contributed by atoms with Crippen molar-refractivity contribution >= 4 is 11.0 Å². The van der Waals surface area contributed by atoms with Gasteiger partial charge in [-0.3, -0.25) is 0 Å². The molecule has 0 atom stereocenters. The fourth-order valence-corrected chi connectivity index (χ4v) is 5.67. The van der Waals surface area contributed by atoms with Crippen molar-refractivity contribution in [3.05, 3.63) is 102 Å². The number of aryl methyl sites for hydroxylation is 1. The number of aliphatic hydroxyl groups is 1. The number of aromatic nitrogens is 2. The van der Waals surface area contributed by atoms with Crippen LogP contribution in [0.3, 0.4) is 0 Å². The Kier molecular flexibility index (Phi) is 13.2. The number of nitrogens with zero attached hydrogens (tertiary/aromatic N) is 2. The van der Waals surface area contributed by atoms with Gasteiger partial charge in [0, 0.05) is 0 Å². The van der Waals surface area contributed by atoms with Crippen molar-refractivity contribution in [2.75, 3.05) is 6.61 Å². The third-order valence-corrected chi connectivity index (χ3v) is 8.01. The lowest BCUT2D eigenvalue weighted by molar-refractivity contribution is -0.655. The Labute approximate surface area is 247 Å². The summed E-state index contributed by atoms with van der Waals surface area (Å²) in [7, 11) is 2.09. The highest BCUT2D eigenvalue weighted by Crippen LogP contribution is 2.33. The first-order valence-electron chi connectivity index (χ1n) is 15.0. The highest BCUT2D eigenvalue weighted by Gasteiger charge is 2.37. The lowest BCUT2D eigenvalue weighted by Gasteiger charge is -2.28. The largest absolute Gasteiger partial charge is 1.00 e. The number of rotatable bonds is 17. The number of hydrogen-bond donors (Lipinski definition) is 1. The molecule has 1 heterocycles. The number of para-hydroxylation sites is 2. The maximum atomic E-state index is 12.3. The van der Waals surface area contributed by atoms with Gasteiger partial charge in [0.25, 0.3) is 5.82 Å². The van der Waals surface area contributed by atoms with E-state index in [2.05, 4.69) is 47.4 Å². The zero-order chi connectivity index (χ0) is 27.3. The van der Waals surface area contributed by atoms with Crippen LogP contribution < -0.4 is 17.0 Å². The summed E-state index contributed by atoms with van der Waals surface area (Å²) in [5.41, 5.74) is 2.88. The third-order valence-electron chi connectivity index (χ3n) is 8.01. The summed E-state index contributed by atoms with van der Waals surface area (Å²) < 4.78 is 10.7. The molecule has 1 aromatic heterocycles. The fraction of sp³-hybridized carbons (Fsp3) is 0.457. The van der Waals surface area contributed by atoms with Crippen molar-refractivity contribution in [1.29, 1.82) is 0 Å². The third kappa shape index (κ3) is 8.19. The zero-order valence-corrected chi connectivity index (χ0v) is 25.2. The summed E-state index contributed by atoms with van der Waals surface area (Å²) in [5.74, 6) is 1.04. The van der Waals surface area contributed by atoms with Crippen molar-refractivity contribution < 1.29 is 26.8 Å². The van der Waals surface area contributed by atoms with Gasteiger partial charge in [-0.25, -0.2) is 9.13 Å². The summed E-state index contributed by atoms with van der Waals surface area (Å²) in [6, 6.07) is 28.5. The molecule has 0 saturated carbocycles. The Morgan fingerprint density at radius 2 is 1.20 bits per heavy atom. The molecule has 0 aliphatic rings. The summed E-state index contributed by atoms with van der Waals surface area (Å²) in [6.45, 7) is 3.51. The molecule has 0 bridgehead atoms. The second-order valence-corrected chi connectivity index (χ2v) is 10.9. The molecule has 0 unspecified atom stereocenters. The molecule has 0 saturated heterocycles. The van der Waals surface area contributed by atoms with Crippen molar-refractivity contribution in [1.82, 2.24) is 4.57 Å². The average Bonchev–Trinajstić information content (AvgIpc) is 3.24. The predicted octanol–water partition coefficient (Wildman–Crippen LogP) is 4.84. The van der Waals surface area contributed by atoms with Gasteiger partial charge >= 0.3 is 0 Å². The number of unbranched alkanes of at least 4 members (excludes halogenated alkanes) is 9. The molecule has 0 aliphatic carbocycles. The molecule has 4 rings (SSSR count). The average molecular weight is 563 g/mol. The molecule has 216 valence electrons. The molecule has 0 radical (unpaired) electrons. The maximum Gasteiger partial charge on any atom is 0.262 e. The fourth-order valence-electron chi connectivity index (χ4n) is 5.67. The van der Waals surface area contributed by atoms with Gasteiger partial charge in [0.2, 0.25) is 0 Å². The van der Waals surface area contributed by atoms with Crippen LogP contribution >= 0.6 is 0 Å². The van der Waals surface area contributed by atoms with E-state index in [0.29, 0.717) is 13.2 Å². The Balaban J connectivity index is 0.00000441. The second-order valence-electron chi connectivity index (χ2n) is 10.9. The standard InChI is InChI=1S/C35H47N2O2.ClH/c1-3-4-5-6-7-8-9-10-11-20-27-39-29-37-33-26-19-18-25-32(33)36(2)34(37)28-35(38,30-21-14-12-15-22-30)31-23-16-13-17-24-31;/h12-19,21-26,38H,3-11,20,27-29H2,1-2H3;1H/q+1;/p-1. The lowest BCUT2D eigenvalue weighted by atomic mass is 9.83. The van der Waals surface area contributed by atoms with E-state index >= 15 is 0 Å². The summed E-state index contributed by atoms with van der Waals surface area (Å²) in [4.78, 5) is 0. The number of benzene rings is 3.